The van der Waals surface area contributed by atoms with E-state index in [0.717, 1.165) is 10.7 Å². The molecule has 0 spiro atoms. The van der Waals surface area contributed by atoms with Gasteiger partial charge in [-0.15, -0.1) is 0 Å². The number of benzene rings is 1. The van der Waals surface area contributed by atoms with Gasteiger partial charge in [0.15, 0.2) is 0 Å². The van der Waals surface area contributed by atoms with Gasteiger partial charge in [-0.1, -0.05) is 0 Å². The van der Waals surface area contributed by atoms with Crippen LogP contribution in [0.3, 0.4) is 0 Å². The van der Waals surface area contributed by atoms with Crippen molar-refractivity contribution >= 4 is 21.6 Å². The zero-order valence-corrected chi connectivity index (χ0v) is 13.6. The molecule has 1 heterocycles. The van der Waals surface area contributed by atoms with E-state index < -0.39 is 16.1 Å². The summed E-state index contributed by atoms with van der Waals surface area (Å²) < 4.78 is 36.1. The summed E-state index contributed by atoms with van der Waals surface area (Å²) in [6.45, 7) is 0.570. The molecule has 1 aromatic rings. The van der Waals surface area contributed by atoms with Crippen molar-refractivity contribution in [3.63, 3.8) is 0 Å². The summed E-state index contributed by atoms with van der Waals surface area (Å²) in [5.74, 6) is -0.0420. The number of hydrogen-bond donors (Lipinski definition) is 1. The molecule has 2 rings (SSSR count). The number of nitrogens with one attached hydrogen (secondary N) is 1. The molecule has 8 heteroatoms. The first-order valence-corrected chi connectivity index (χ1v) is 8.33. The zero-order valence-electron chi connectivity index (χ0n) is 12.8. The van der Waals surface area contributed by atoms with Crippen LogP contribution in [0.5, 0.6) is 5.75 Å². The van der Waals surface area contributed by atoms with E-state index >= 15 is 0 Å². The lowest BCUT2D eigenvalue weighted by molar-refractivity contribution is -0.124. The highest BCUT2D eigenvalue weighted by atomic mass is 32.2. The first-order valence-electron chi connectivity index (χ1n) is 6.89. The highest BCUT2D eigenvalue weighted by Crippen LogP contribution is 2.29. The third-order valence-electron chi connectivity index (χ3n) is 3.41. The van der Waals surface area contributed by atoms with E-state index in [1.807, 2.05) is 0 Å². The lowest BCUT2D eigenvalue weighted by Gasteiger charge is -2.16. The molecule has 1 aromatic carbocycles. The van der Waals surface area contributed by atoms with Gasteiger partial charge in [0.1, 0.15) is 16.7 Å². The topological polar surface area (TPSA) is 84.9 Å². The largest absolute Gasteiger partial charge is 0.495 e. The first-order chi connectivity index (χ1) is 10.4. The highest BCUT2D eigenvalue weighted by molar-refractivity contribution is 7.89. The summed E-state index contributed by atoms with van der Waals surface area (Å²) in [5, 5.41) is 2.68. The van der Waals surface area contributed by atoms with Crippen LogP contribution in [0.15, 0.2) is 23.1 Å². The fourth-order valence-electron chi connectivity index (χ4n) is 2.16. The lowest BCUT2D eigenvalue weighted by atomic mass is 10.2. The maximum absolute atomic E-state index is 12.3. The fraction of sp³-hybridized carbons (Fsp3) is 0.500. The molecule has 1 aliphatic rings. The summed E-state index contributed by atoms with van der Waals surface area (Å²) >= 11 is 0. The Morgan fingerprint density at radius 1 is 1.41 bits per heavy atom. The summed E-state index contributed by atoms with van der Waals surface area (Å²) in [6.07, 6.45) is 1.04. The molecule has 1 atom stereocenters. The van der Waals surface area contributed by atoms with Crippen LogP contribution in [-0.2, 0) is 19.6 Å². The fourth-order valence-corrected chi connectivity index (χ4v) is 3.23. The molecule has 0 unspecified atom stereocenters. The van der Waals surface area contributed by atoms with Crippen LogP contribution in [0.4, 0.5) is 5.69 Å². The maximum atomic E-state index is 12.3. The van der Waals surface area contributed by atoms with Crippen molar-refractivity contribution in [3.8, 4) is 5.75 Å². The van der Waals surface area contributed by atoms with Gasteiger partial charge in [-0.2, -0.15) is 0 Å². The van der Waals surface area contributed by atoms with Gasteiger partial charge < -0.3 is 14.8 Å². The molecule has 0 radical (unpaired) electrons. The Labute approximate surface area is 130 Å². The second-order valence-corrected chi connectivity index (χ2v) is 7.26. The Balaban J connectivity index is 2.29. The van der Waals surface area contributed by atoms with Gasteiger partial charge >= 0.3 is 0 Å². The molecule has 22 heavy (non-hydrogen) atoms. The third-order valence-corrected chi connectivity index (χ3v) is 5.25. The molecule has 1 saturated heterocycles. The molecule has 0 aliphatic carbocycles. The number of methoxy groups -OCH3 is 1. The molecule has 122 valence electrons. The Hall–Kier alpha value is -1.64. The van der Waals surface area contributed by atoms with Gasteiger partial charge in [-0.3, -0.25) is 4.79 Å². The molecular weight excluding hydrogens is 308 g/mol. The van der Waals surface area contributed by atoms with Crippen molar-refractivity contribution in [2.24, 2.45) is 0 Å². The molecule has 1 amide bonds. The molecule has 7 nitrogen and oxygen atoms in total. The number of sulfonamides is 1. The third kappa shape index (κ3) is 3.40. The average Bonchev–Trinajstić information content (AvgIpc) is 3.01. The number of carbonyl (C=O) groups is 1. The van der Waals surface area contributed by atoms with Crippen LogP contribution in [0.1, 0.15) is 12.8 Å². The Morgan fingerprint density at radius 2 is 2.14 bits per heavy atom. The van der Waals surface area contributed by atoms with Crippen molar-refractivity contribution in [2.75, 3.05) is 33.1 Å². The van der Waals surface area contributed by atoms with Crippen molar-refractivity contribution in [1.29, 1.82) is 0 Å². The number of nitrogens with zero attached hydrogens (tertiary/aromatic N) is 1. The second-order valence-electron chi connectivity index (χ2n) is 5.14. The average molecular weight is 328 g/mol. The predicted octanol–water partition coefficient (Wildman–Crippen LogP) is 1.06. The number of hydrogen-bond acceptors (Lipinski definition) is 5. The van der Waals surface area contributed by atoms with Crippen LogP contribution in [0.25, 0.3) is 0 Å². The van der Waals surface area contributed by atoms with Gasteiger partial charge in [0.25, 0.3) is 5.91 Å². The minimum Gasteiger partial charge on any atom is -0.495 e. The van der Waals surface area contributed by atoms with E-state index in [4.69, 9.17) is 9.47 Å². The zero-order chi connectivity index (χ0) is 16.3. The van der Waals surface area contributed by atoms with Crippen molar-refractivity contribution in [1.82, 2.24) is 4.31 Å². The van der Waals surface area contributed by atoms with E-state index in [9.17, 15) is 13.2 Å². The number of rotatable bonds is 5. The van der Waals surface area contributed by atoms with E-state index in [-0.39, 0.29) is 16.6 Å². The summed E-state index contributed by atoms with van der Waals surface area (Å²) in [5.41, 5.74) is 0.390. The van der Waals surface area contributed by atoms with Crippen molar-refractivity contribution in [2.45, 2.75) is 23.8 Å². The Morgan fingerprint density at radius 3 is 2.68 bits per heavy atom. The standard InChI is InChI=1S/C14H20N2O5S/c1-16(2)22(18,19)13-9-10(6-7-11(13)20-3)15-14(17)12-5-4-8-21-12/h6-7,9,12H,4-5,8H2,1-3H3,(H,15,17)/t12-/m0/s1. The van der Waals surface area contributed by atoms with E-state index in [2.05, 4.69) is 5.32 Å². The molecular formula is C14H20N2O5S. The van der Waals surface area contributed by atoms with E-state index in [1.165, 1.54) is 33.3 Å². The Kier molecular flexibility index (Phi) is 5.05. The van der Waals surface area contributed by atoms with Gasteiger partial charge in [0.05, 0.1) is 7.11 Å². The van der Waals surface area contributed by atoms with Crippen LogP contribution >= 0.6 is 0 Å². The predicted molar refractivity (Wildman–Crippen MR) is 81.5 cm³/mol. The number of ether oxygens (including phenoxy) is 2. The van der Waals surface area contributed by atoms with Crippen molar-refractivity contribution < 1.29 is 22.7 Å². The summed E-state index contributed by atoms with van der Waals surface area (Å²) in [6, 6.07) is 4.50. The number of carbonyl (C=O) groups excluding carboxylic acids is 1. The Bertz CT molecular complexity index is 651. The normalized spacial score (nSPS) is 18.5. The molecule has 0 bridgehead atoms. The van der Waals surface area contributed by atoms with Gasteiger partial charge in [0, 0.05) is 26.4 Å². The lowest BCUT2D eigenvalue weighted by Crippen LogP contribution is -2.27. The van der Waals surface area contributed by atoms with Crippen LogP contribution in [0, 0.1) is 0 Å². The molecule has 1 fully saturated rings. The van der Waals surface area contributed by atoms with E-state index in [0.29, 0.717) is 18.7 Å². The number of amides is 1. The minimum absolute atomic E-state index is 0.00476. The SMILES string of the molecule is COc1ccc(NC(=O)[C@@H]2CCCO2)cc1S(=O)(=O)N(C)C. The minimum atomic E-state index is -3.67. The molecule has 0 saturated carbocycles. The monoisotopic (exact) mass is 328 g/mol. The molecule has 0 aromatic heterocycles. The number of anilines is 1. The van der Waals surface area contributed by atoms with Crippen molar-refractivity contribution in [3.05, 3.63) is 18.2 Å². The van der Waals surface area contributed by atoms with E-state index in [1.54, 1.807) is 6.07 Å². The van der Waals surface area contributed by atoms with Crippen LogP contribution in [-0.4, -0.2) is 52.5 Å². The maximum Gasteiger partial charge on any atom is 0.253 e. The van der Waals surface area contributed by atoms with Crippen LogP contribution < -0.4 is 10.1 Å². The van der Waals surface area contributed by atoms with Crippen LogP contribution in [0.2, 0.25) is 0 Å². The summed E-state index contributed by atoms with van der Waals surface area (Å²) in [4.78, 5) is 12.0. The van der Waals surface area contributed by atoms with Gasteiger partial charge in [0.2, 0.25) is 10.0 Å². The first kappa shape index (κ1) is 16.7. The van der Waals surface area contributed by atoms with Gasteiger partial charge in [-0.05, 0) is 31.0 Å². The quantitative estimate of drug-likeness (QED) is 0.874. The smallest absolute Gasteiger partial charge is 0.253 e. The highest BCUT2D eigenvalue weighted by Gasteiger charge is 2.26. The summed E-state index contributed by atoms with van der Waals surface area (Å²) in [7, 11) is 0.600. The van der Waals surface area contributed by atoms with Gasteiger partial charge in [-0.25, -0.2) is 12.7 Å². The molecule has 1 N–H and O–H groups in total. The molecule has 1 aliphatic heterocycles. The second kappa shape index (κ2) is 6.64.